The first kappa shape index (κ1) is 16.5. The van der Waals surface area contributed by atoms with Crippen molar-refractivity contribution in [2.75, 3.05) is 25.1 Å². The number of likely N-dealkylation sites (tertiary alicyclic amines) is 1. The van der Waals surface area contributed by atoms with Gasteiger partial charge in [0.2, 0.25) is 0 Å². The maximum atomic E-state index is 11.4. The predicted octanol–water partition coefficient (Wildman–Crippen LogP) is 1.99. The Balaban J connectivity index is 1.98. The van der Waals surface area contributed by atoms with E-state index in [1.807, 2.05) is 0 Å². The summed E-state index contributed by atoms with van der Waals surface area (Å²) in [5, 5.41) is 10.3. The molecule has 0 aliphatic carbocycles. The second-order valence-corrected chi connectivity index (χ2v) is 8.20. The summed E-state index contributed by atoms with van der Waals surface area (Å²) in [6.07, 6.45) is 7.21. The van der Waals surface area contributed by atoms with Crippen LogP contribution in [0.5, 0.6) is 0 Å². The second kappa shape index (κ2) is 7.42. The molecule has 1 aliphatic heterocycles. The monoisotopic (exact) mass is 315 g/mol. The Labute approximate surface area is 126 Å². The molecular weight excluding hydrogens is 290 g/mol. The maximum absolute atomic E-state index is 11.4. The van der Waals surface area contributed by atoms with Gasteiger partial charge in [-0.2, -0.15) is 0 Å². The number of furan rings is 1. The Hall–Kier alpha value is -0.850. The zero-order valence-corrected chi connectivity index (χ0v) is 13.4. The number of nitrogens with zero attached hydrogens (tertiary/aromatic N) is 1. The molecule has 1 fully saturated rings. The fourth-order valence-corrected chi connectivity index (χ4v) is 3.50. The number of rotatable bonds is 6. The predicted molar refractivity (Wildman–Crippen MR) is 81.8 cm³/mol. The first-order valence-electron chi connectivity index (χ1n) is 7.59. The van der Waals surface area contributed by atoms with Gasteiger partial charge in [-0.15, -0.1) is 0 Å². The molecule has 1 aliphatic rings. The Morgan fingerprint density at radius 2 is 2.24 bits per heavy atom. The van der Waals surface area contributed by atoms with Crippen LogP contribution in [0.1, 0.15) is 44.0 Å². The summed E-state index contributed by atoms with van der Waals surface area (Å²) in [5.41, 5.74) is 0. The number of aliphatic hydroxyl groups is 1. The van der Waals surface area contributed by atoms with E-state index in [-0.39, 0.29) is 11.8 Å². The van der Waals surface area contributed by atoms with E-state index in [2.05, 4.69) is 4.90 Å². The highest BCUT2D eigenvalue weighted by Gasteiger charge is 2.25. The van der Waals surface area contributed by atoms with Crippen LogP contribution in [-0.4, -0.2) is 49.6 Å². The summed E-state index contributed by atoms with van der Waals surface area (Å²) in [7, 11) is -2.95. The van der Waals surface area contributed by atoms with Crippen molar-refractivity contribution in [2.24, 2.45) is 0 Å². The number of hydrogen-bond acceptors (Lipinski definition) is 5. The summed E-state index contributed by atoms with van der Waals surface area (Å²) in [6.45, 7) is 1.46. The molecule has 1 aromatic heterocycles. The van der Waals surface area contributed by atoms with Crippen LogP contribution in [0, 0.1) is 0 Å². The lowest BCUT2D eigenvalue weighted by Crippen LogP contribution is -2.39. The largest absolute Gasteiger partial charge is 0.467 e. The van der Waals surface area contributed by atoms with Gasteiger partial charge in [0.1, 0.15) is 21.7 Å². The van der Waals surface area contributed by atoms with Gasteiger partial charge < -0.3 is 9.52 Å². The number of hydrogen-bond donors (Lipinski definition) is 1. The molecule has 0 amide bonds. The molecule has 21 heavy (non-hydrogen) atoms. The fourth-order valence-electron chi connectivity index (χ4n) is 2.94. The van der Waals surface area contributed by atoms with Crippen LogP contribution in [0.25, 0.3) is 0 Å². The van der Waals surface area contributed by atoms with Crippen molar-refractivity contribution in [3.05, 3.63) is 24.2 Å². The van der Waals surface area contributed by atoms with Crippen molar-refractivity contribution in [1.82, 2.24) is 4.90 Å². The first-order valence-corrected chi connectivity index (χ1v) is 9.65. The van der Waals surface area contributed by atoms with E-state index in [9.17, 15) is 13.5 Å². The van der Waals surface area contributed by atoms with Crippen molar-refractivity contribution in [2.45, 2.75) is 44.2 Å². The number of aliphatic hydroxyl groups excluding tert-OH is 1. The van der Waals surface area contributed by atoms with Crippen LogP contribution < -0.4 is 0 Å². The molecule has 0 spiro atoms. The first-order chi connectivity index (χ1) is 9.96. The topological polar surface area (TPSA) is 70.8 Å². The third-order valence-corrected chi connectivity index (χ3v) is 5.04. The SMILES string of the molecule is CS(=O)(=O)CCN1CCCCC[C@@H]1C[C@H](O)c1ccco1. The van der Waals surface area contributed by atoms with E-state index in [0.717, 1.165) is 25.8 Å². The molecule has 2 rings (SSSR count). The van der Waals surface area contributed by atoms with Crippen LogP contribution in [-0.2, 0) is 9.84 Å². The van der Waals surface area contributed by atoms with Crippen molar-refractivity contribution in [1.29, 1.82) is 0 Å². The summed E-state index contributed by atoms with van der Waals surface area (Å²) in [4.78, 5) is 2.22. The van der Waals surface area contributed by atoms with Gasteiger partial charge in [-0.05, 0) is 37.9 Å². The summed E-state index contributed by atoms with van der Waals surface area (Å²) in [6, 6.07) is 3.77. The minimum absolute atomic E-state index is 0.181. The van der Waals surface area contributed by atoms with E-state index >= 15 is 0 Å². The zero-order chi connectivity index (χ0) is 15.3. The highest BCUT2D eigenvalue weighted by Crippen LogP contribution is 2.26. The molecule has 5 nitrogen and oxygen atoms in total. The maximum Gasteiger partial charge on any atom is 0.148 e. The van der Waals surface area contributed by atoms with Gasteiger partial charge in [-0.3, -0.25) is 4.90 Å². The van der Waals surface area contributed by atoms with Gasteiger partial charge in [0.25, 0.3) is 0 Å². The Morgan fingerprint density at radius 3 is 2.90 bits per heavy atom. The summed E-state index contributed by atoms with van der Waals surface area (Å²) < 4.78 is 28.0. The van der Waals surface area contributed by atoms with Gasteiger partial charge in [0.15, 0.2) is 0 Å². The van der Waals surface area contributed by atoms with Gasteiger partial charge in [-0.25, -0.2) is 8.42 Å². The van der Waals surface area contributed by atoms with Crippen molar-refractivity contribution < 1.29 is 17.9 Å². The Bertz CT molecular complexity index is 512. The quantitative estimate of drug-likeness (QED) is 0.869. The molecule has 1 aromatic rings. The standard InChI is InChI=1S/C15H25NO4S/c1-21(18,19)11-9-16-8-4-2-3-6-13(16)12-14(17)15-7-5-10-20-15/h5,7,10,13-14,17H,2-4,6,8-9,11-12H2,1H3/t13-,14+/m1/s1. The Kier molecular flexibility index (Phi) is 5.84. The van der Waals surface area contributed by atoms with Crippen LogP contribution >= 0.6 is 0 Å². The molecule has 120 valence electrons. The van der Waals surface area contributed by atoms with E-state index in [1.54, 1.807) is 18.4 Å². The van der Waals surface area contributed by atoms with E-state index in [1.165, 1.54) is 12.7 Å². The molecule has 1 saturated heterocycles. The molecule has 0 radical (unpaired) electrons. The molecule has 0 unspecified atom stereocenters. The third-order valence-electron chi connectivity index (χ3n) is 4.12. The molecule has 0 bridgehead atoms. The lowest BCUT2D eigenvalue weighted by atomic mass is 10.0. The van der Waals surface area contributed by atoms with Gasteiger partial charge in [-0.1, -0.05) is 12.8 Å². The van der Waals surface area contributed by atoms with E-state index in [0.29, 0.717) is 18.7 Å². The van der Waals surface area contributed by atoms with Crippen molar-refractivity contribution in [3.8, 4) is 0 Å². The van der Waals surface area contributed by atoms with Crippen molar-refractivity contribution in [3.63, 3.8) is 0 Å². The molecule has 0 saturated carbocycles. The van der Waals surface area contributed by atoms with Crippen LogP contribution in [0.4, 0.5) is 0 Å². The molecular formula is C15H25NO4S. The molecule has 2 heterocycles. The smallest absolute Gasteiger partial charge is 0.148 e. The number of sulfone groups is 1. The van der Waals surface area contributed by atoms with Crippen LogP contribution in [0.15, 0.2) is 22.8 Å². The van der Waals surface area contributed by atoms with E-state index < -0.39 is 15.9 Å². The van der Waals surface area contributed by atoms with Gasteiger partial charge in [0.05, 0.1) is 12.0 Å². The zero-order valence-electron chi connectivity index (χ0n) is 12.6. The molecule has 1 N–H and O–H groups in total. The molecule has 0 aromatic carbocycles. The fraction of sp³-hybridized carbons (Fsp3) is 0.733. The normalized spacial score (nSPS) is 22.9. The van der Waals surface area contributed by atoms with Gasteiger partial charge in [0, 0.05) is 18.8 Å². The van der Waals surface area contributed by atoms with Crippen molar-refractivity contribution >= 4 is 9.84 Å². The minimum atomic E-state index is -2.95. The van der Waals surface area contributed by atoms with E-state index in [4.69, 9.17) is 4.42 Å². The summed E-state index contributed by atoms with van der Waals surface area (Å²) in [5.74, 6) is 0.766. The lowest BCUT2D eigenvalue weighted by molar-refractivity contribution is 0.0889. The average molecular weight is 315 g/mol. The van der Waals surface area contributed by atoms with Crippen LogP contribution in [0.2, 0.25) is 0 Å². The lowest BCUT2D eigenvalue weighted by Gasteiger charge is -2.30. The average Bonchev–Trinajstić information content (AvgIpc) is 2.85. The molecule has 6 heteroatoms. The van der Waals surface area contributed by atoms with Crippen LogP contribution in [0.3, 0.4) is 0 Å². The summed E-state index contributed by atoms with van der Waals surface area (Å²) >= 11 is 0. The second-order valence-electron chi connectivity index (χ2n) is 5.94. The highest BCUT2D eigenvalue weighted by molar-refractivity contribution is 7.90. The third kappa shape index (κ3) is 5.45. The Morgan fingerprint density at radius 1 is 1.43 bits per heavy atom. The minimum Gasteiger partial charge on any atom is -0.467 e. The highest BCUT2D eigenvalue weighted by atomic mass is 32.2. The molecule has 2 atom stereocenters. The van der Waals surface area contributed by atoms with Gasteiger partial charge >= 0.3 is 0 Å².